The highest BCUT2D eigenvalue weighted by Gasteiger charge is 2.23. The van der Waals surface area contributed by atoms with Gasteiger partial charge in [0.25, 0.3) is 0 Å². The molecule has 4 heterocycles. The first-order chi connectivity index (χ1) is 17.6. The van der Waals surface area contributed by atoms with Gasteiger partial charge in [-0.25, -0.2) is 23.4 Å². The third-order valence-electron chi connectivity index (χ3n) is 5.55. The number of imidazole rings is 1. The summed E-state index contributed by atoms with van der Waals surface area (Å²) in [6, 6.07) is 15.7. The molecular weight excluding hydrogens is 492 g/mol. The fourth-order valence-corrected chi connectivity index (χ4v) is 5.06. The number of pyridine rings is 1. The number of carbonyl (C=O) groups excluding carboxylic acids is 1. The predicted octanol–water partition coefficient (Wildman–Crippen LogP) is 3.61. The lowest BCUT2D eigenvalue weighted by atomic mass is 10.1. The van der Waals surface area contributed by atoms with Crippen LogP contribution >= 0.6 is 0 Å². The smallest absolute Gasteiger partial charge is 0.222 e. The van der Waals surface area contributed by atoms with Crippen molar-refractivity contribution >= 4 is 38.8 Å². The molecule has 4 aromatic heterocycles. The zero-order valence-electron chi connectivity index (χ0n) is 20.6. The molecule has 0 fully saturated rings. The van der Waals surface area contributed by atoms with Crippen molar-refractivity contribution in [2.45, 2.75) is 18.7 Å². The first kappa shape index (κ1) is 24.1. The molecule has 0 saturated heterocycles. The van der Waals surface area contributed by atoms with Crippen LogP contribution in [0.2, 0.25) is 0 Å². The zero-order chi connectivity index (χ0) is 26.3. The molecule has 1 amide bonds. The molecule has 1 aromatic carbocycles. The van der Waals surface area contributed by atoms with E-state index in [0.29, 0.717) is 51.6 Å². The molecule has 0 unspecified atom stereocenters. The topological polar surface area (TPSA) is 136 Å². The van der Waals surface area contributed by atoms with Crippen molar-refractivity contribution in [2.75, 3.05) is 16.9 Å². The van der Waals surface area contributed by atoms with Gasteiger partial charge in [-0.1, -0.05) is 24.3 Å². The van der Waals surface area contributed by atoms with Crippen LogP contribution in [0.4, 0.5) is 17.5 Å². The van der Waals surface area contributed by atoms with Crippen LogP contribution in [0, 0.1) is 6.92 Å². The molecule has 0 aliphatic heterocycles. The molecule has 0 radical (unpaired) electrons. The highest BCUT2D eigenvalue weighted by Crippen LogP contribution is 2.36. The van der Waals surface area contributed by atoms with Gasteiger partial charge in [0.2, 0.25) is 5.91 Å². The highest BCUT2D eigenvalue weighted by molar-refractivity contribution is 7.90. The summed E-state index contributed by atoms with van der Waals surface area (Å²) in [4.78, 5) is 25.7. The third-order valence-corrected chi connectivity index (χ3v) is 6.71. The number of amides is 1. The Kier molecular flexibility index (Phi) is 5.96. The monoisotopic (exact) mass is 516 g/mol. The molecule has 0 bridgehead atoms. The van der Waals surface area contributed by atoms with Crippen molar-refractivity contribution in [1.29, 1.82) is 0 Å². The molecule has 12 heteroatoms. The Hall–Kier alpha value is -4.58. The van der Waals surface area contributed by atoms with E-state index in [2.05, 4.69) is 25.7 Å². The van der Waals surface area contributed by atoms with E-state index < -0.39 is 9.84 Å². The number of rotatable bonds is 6. The zero-order valence-corrected chi connectivity index (χ0v) is 21.4. The van der Waals surface area contributed by atoms with Gasteiger partial charge in [-0.3, -0.25) is 13.9 Å². The molecule has 188 valence electrons. The summed E-state index contributed by atoms with van der Waals surface area (Å²) in [7, 11) is -1.72. The van der Waals surface area contributed by atoms with Crippen LogP contribution in [0.25, 0.3) is 28.3 Å². The van der Waals surface area contributed by atoms with E-state index in [9.17, 15) is 13.2 Å². The summed E-state index contributed by atoms with van der Waals surface area (Å²) in [6.45, 7) is 3.13. The molecule has 11 nitrogen and oxygen atoms in total. The van der Waals surface area contributed by atoms with Crippen LogP contribution in [0.5, 0.6) is 0 Å². The average Bonchev–Trinajstić information content (AvgIpc) is 3.40. The summed E-state index contributed by atoms with van der Waals surface area (Å²) in [6.07, 6.45) is 2.98. The van der Waals surface area contributed by atoms with Crippen molar-refractivity contribution in [3.05, 3.63) is 66.6 Å². The van der Waals surface area contributed by atoms with Gasteiger partial charge in [-0.05, 0) is 25.1 Å². The minimum atomic E-state index is -3.53. The number of aromatic nitrogens is 6. The number of nitrogens with zero attached hydrogens (tertiary/aromatic N) is 6. The molecule has 0 aliphatic rings. The third kappa shape index (κ3) is 4.78. The number of anilines is 3. The van der Waals surface area contributed by atoms with Gasteiger partial charge in [0, 0.05) is 44.1 Å². The van der Waals surface area contributed by atoms with Crippen molar-refractivity contribution < 1.29 is 13.2 Å². The van der Waals surface area contributed by atoms with Gasteiger partial charge < -0.3 is 10.6 Å². The maximum Gasteiger partial charge on any atom is 0.222 e. The Morgan fingerprint density at radius 1 is 0.973 bits per heavy atom. The average molecular weight is 517 g/mol. The van der Waals surface area contributed by atoms with Crippen molar-refractivity contribution in [1.82, 2.24) is 29.1 Å². The summed E-state index contributed by atoms with van der Waals surface area (Å²) in [5.41, 5.74) is 2.72. The highest BCUT2D eigenvalue weighted by atomic mass is 32.2. The van der Waals surface area contributed by atoms with E-state index in [0.717, 1.165) is 0 Å². The fraction of sp³-hybridized carbons (Fsp3) is 0.160. The number of carbonyl (C=O) groups is 1. The largest absolute Gasteiger partial charge is 0.322 e. The van der Waals surface area contributed by atoms with E-state index in [1.165, 1.54) is 13.2 Å². The number of benzene rings is 1. The lowest BCUT2D eigenvalue weighted by Crippen LogP contribution is -2.09. The molecule has 0 aliphatic carbocycles. The Bertz CT molecular complexity index is 1770. The van der Waals surface area contributed by atoms with Crippen LogP contribution in [0.15, 0.2) is 65.7 Å². The Labute approximate surface area is 213 Å². The number of hydrogen-bond acceptors (Lipinski definition) is 8. The number of nitrogens with one attached hydrogen (secondary N) is 2. The van der Waals surface area contributed by atoms with Gasteiger partial charge in [0.05, 0.1) is 16.3 Å². The summed E-state index contributed by atoms with van der Waals surface area (Å²) in [5.74, 6) is 1.53. The van der Waals surface area contributed by atoms with E-state index >= 15 is 0 Å². The lowest BCUT2D eigenvalue weighted by Gasteiger charge is -2.14. The molecule has 0 atom stereocenters. The van der Waals surface area contributed by atoms with Crippen LogP contribution in [0.1, 0.15) is 12.7 Å². The number of aryl methyl sites for hydroxylation is 2. The lowest BCUT2D eigenvalue weighted by molar-refractivity contribution is -0.114. The second kappa shape index (κ2) is 9.13. The molecule has 0 saturated carbocycles. The van der Waals surface area contributed by atoms with Gasteiger partial charge in [0.1, 0.15) is 23.0 Å². The van der Waals surface area contributed by atoms with Crippen LogP contribution in [0.3, 0.4) is 0 Å². The minimum absolute atomic E-state index is 0.194. The minimum Gasteiger partial charge on any atom is -0.322 e. The van der Waals surface area contributed by atoms with Gasteiger partial charge >= 0.3 is 0 Å². The predicted molar refractivity (Wildman–Crippen MR) is 140 cm³/mol. The Morgan fingerprint density at radius 3 is 2.46 bits per heavy atom. The quantitative estimate of drug-likeness (QED) is 0.349. The number of fused-ring (bicyclic) bond motifs is 1. The van der Waals surface area contributed by atoms with E-state index in [-0.39, 0.29) is 10.8 Å². The van der Waals surface area contributed by atoms with E-state index in [4.69, 9.17) is 4.98 Å². The maximum absolute atomic E-state index is 12.7. The molecule has 2 N–H and O–H groups in total. The summed E-state index contributed by atoms with van der Waals surface area (Å²) >= 11 is 0. The Morgan fingerprint density at radius 2 is 1.76 bits per heavy atom. The first-order valence-electron chi connectivity index (χ1n) is 11.3. The molecule has 0 spiro atoms. The van der Waals surface area contributed by atoms with Gasteiger partial charge in [-0.2, -0.15) is 5.10 Å². The van der Waals surface area contributed by atoms with E-state index in [1.807, 2.05) is 35.7 Å². The Balaban J connectivity index is 1.84. The molecule has 5 aromatic rings. The normalized spacial score (nSPS) is 11.6. The van der Waals surface area contributed by atoms with Crippen LogP contribution < -0.4 is 10.6 Å². The van der Waals surface area contributed by atoms with E-state index in [1.54, 1.807) is 48.1 Å². The number of sulfone groups is 1. The van der Waals surface area contributed by atoms with Gasteiger partial charge in [0.15, 0.2) is 21.5 Å². The molecular formula is C25H24N8O3S. The summed E-state index contributed by atoms with van der Waals surface area (Å²) < 4.78 is 28.8. The van der Waals surface area contributed by atoms with Gasteiger partial charge in [-0.15, -0.1) is 0 Å². The molecule has 37 heavy (non-hydrogen) atoms. The maximum atomic E-state index is 12.7. The van der Waals surface area contributed by atoms with Crippen molar-refractivity contribution in [3.8, 4) is 22.6 Å². The molecule has 5 rings (SSSR count). The van der Waals surface area contributed by atoms with Crippen LogP contribution in [-0.4, -0.2) is 49.7 Å². The van der Waals surface area contributed by atoms with Crippen LogP contribution in [-0.2, 0) is 21.7 Å². The first-order valence-corrected chi connectivity index (χ1v) is 13.2. The van der Waals surface area contributed by atoms with Crippen molar-refractivity contribution in [3.63, 3.8) is 0 Å². The number of hydrogen-bond donors (Lipinski definition) is 2. The second-order valence-electron chi connectivity index (χ2n) is 8.55. The fourth-order valence-electron chi connectivity index (χ4n) is 4.16. The van der Waals surface area contributed by atoms with Crippen molar-refractivity contribution in [2.24, 2.45) is 7.05 Å². The summed E-state index contributed by atoms with van der Waals surface area (Å²) in [5, 5.41) is 10.4. The second-order valence-corrected chi connectivity index (χ2v) is 10.5. The SMILES string of the molecule is CC(=O)Nc1cc(-c2c(Nc3ccn(C)n3)nc3cccc(-c4ccccc4S(C)(=O)=O)n23)nc(C)n1. The standard InChI is InChI=1S/C25H24N8O3S/c1-15-26-18(14-22(27-15)28-16(2)34)24-25(29-21-12-13-32(3)31-21)30-23-11-7-9-19(33(23)24)17-8-5-6-10-20(17)37(4,35)36/h5-14H,1-4H3,(H,29,31)(H,26,27,28,34).